The van der Waals surface area contributed by atoms with Crippen molar-refractivity contribution in [3.05, 3.63) is 23.5 Å². The molecule has 2 aliphatic carbocycles. The second-order valence-electron chi connectivity index (χ2n) is 8.15. The molecule has 1 atom stereocenters. The van der Waals surface area contributed by atoms with Gasteiger partial charge in [-0.25, -0.2) is 4.98 Å². The third kappa shape index (κ3) is 2.79. The minimum absolute atomic E-state index is 0.352. The molecular formula is C19H29N5. The van der Waals surface area contributed by atoms with Crippen LogP contribution in [0.1, 0.15) is 63.6 Å². The molecule has 3 N–H and O–H groups in total. The second kappa shape index (κ2) is 6.03. The van der Waals surface area contributed by atoms with E-state index < -0.39 is 0 Å². The number of nitrogens with zero attached hydrogens (tertiary/aromatic N) is 3. The van der Waals surface area contributed by atoms with E-state index in [1.165, 1.54) is 36.9 Å². The summed E-state index contributed by atoms with van der Waals surface area (Å²) in [5, 5.41) is 8.22. The maximum Gasteiger partial charge on any atom is 0.157 e. The minimum atomic E-state index is 0.352. The Morgan fingerprint density at radius 2 is 2.25 bits per heavy atom. The van der Waals surface area contributed by atoms with Gasteiger partial charge in [-0.15, -0.1) is 0 Å². The van der Waals surface area contributed by atoms with Crippen molar-refractivity contribution in [2.24, 2.45) is 11.1 Å². The SMILES string of the molecule is CCCCC1(C)CCc2c(nc3ccnn3c2NC2CC(N)C2)C1. The number of anilines is 1. The van der Waals surface area contributed by atoms with E-state index in [0.717, 1.165) is 37.1 Å². The minimum Gasteiger partial charge on any atom is -0.367 e. The molecule has 2 heterocycles. The first-order valence-corrected chi connectivity index (χ1v) is 9.45. The lowest BCUT2D eigenvalue weighted by Crippen LogP contribution is -2.45. The molecule has 24 heavy (non-hydrogen) atoms. The molecule has 1 fully saturated rings. The van der Waals surface area contributed by atoms with Gasteiger partial charge < -0.3 is 11.1 Å². The predicted molar refractivity (Wildman–Crippen MR) is 97.3 cm³/mol. The molecule has 0 saturated heterocycles. The molecule has 2 aromatic rings. The first-order chi connectivity index (χ1) is 11.6. The maximum atomic E-state index is 5.96. The van der Waals surface area contributed by atoms with E-state index in [1.54, 1.807) is 0 Å². The lowest BCUT2D eigenvalue weighted by molar-refractivity contribution is 0.245. The number of rotatable bonds is 5. The molecule has 0 radical (unpaired) electrons. The van der Waals surface area contributed by atoms with Gasteiger partial charge in [0.25, 0.3) is 0 Å². The van der Waals surface area contributed by atoms with Gasteiger partial charge in [-0.05, 0) is 43.9 Å². The van der Waals surface area contributed by atoms with Crippen LogP contribution in [0, 0.1) is 5.41 Å². The Labute approximate surface area is 144 Å². The average molecular weight is 327 g/mol. The molecule has 0 spiro atoms. The molecule has 130 valence electrons. The molecule has 5 nitrogen and oxygen atoms in total. The van der Waals surface area contributed by atoms with E-state index in [-0.39, 0.29) is 0 Å². The van der Waals surface area contributed by atoms with Gasteiger partial charge in [0, 0.05) is 23.7 Å². The van der Waals surface area contributed by atoms with Crippen LogP contribution in [0.25, 0.3) is 5.65 Å². The van der Waals surface area contributed by atoms with Crippen molar-refractivity contribution in [2.75, 3.05) is 5.32 Å². The quantitative estimate of drug-likeness (QED) is 0.884. The lowest BCUT2D eigenvalue weighted by Gasteiger charge is -2.38. The van der Waals surface area contributed by atoms with Crippen molar-refractivity contribution in [3.63, 3.8) is 0 Å². The van der Waals surface area contributed by atoms with Crippen LogP contribution in [0.4, 0.5) is 5.82 Å². The van der Waals surface area contributed by atoms with Gasteiger partial charge in [-0.3, -0.25) is 0 Å². The molecule has 1 unspecified atom stereocenters. The van der Waals surface area contributed by atoms with Crippen molar-refractivity contribution in [2.45, 2.75) is 77.3 Å². The van der Waals surface area contributed by atoms with Gasteiger partial charge in [0.2, 0.25) is 0 Å². The zero-order chi connectivity index (χ0) is 16.7. The summed E-state index contributed by atoms with van der Waals surface area (Å²) in [4.78, 5) is 4.94. The number of aromatic nitrogens is 3. The first kappa shape index (κ1) is 15.9. The van der Waals surface area contributed by atoms with Crippen molar-refractivity contribution in [1.82, 2.24) is 14.6 Å². The fourth-order valence-electron chi connectivity index (χ4n) is 4.29. The number of hydrogen-bond acceptors (Lipinski definition) is 4. The zero-order valence-electron chi connectivity index (χ0n) is 14.9. The van der Waals surface area contributed by atoms with E-state index in [9.17, 15) is 0 Å². The lowest BCUT2D eigenvalue weighted by atomic mass is 9.71. The van der Waals surface area contributed by atoms with Crippen LogP contribution in [0.5, 0.6) is 0 Å². The van der Waals surface area contributed by atoms with Gasteiger partial charge in [0.05, 0.1) is 11.9 Å². The summed E-state index contributed by atoms with van der Waals surface area (Å²) in [5.74, 6) is 1.16. The Bertz CT molecular complexity index is 731. The standard InChI is InChI=1S/C19H29N5/c1-3-4-7-19(2)8-5-15-16(12-19)23-17-6-9-21-24(17)18(15)22-14-10-13(20)11-14/h6,9,13-14,22H,3-5,7-8,10-12,20H2,1-2H3. The molecule has 0 bridgehead atoms. The van der Waals surface area contributed by atoms with Crippen LogP contribution in [0.3, 0.4) is 0 Å². The van der Waals surface area contributed by atoms with Gasteiger partial charge in [-0.2, -0.15) is 9.61 Å². The van der Waals surface area contributed by atoms with E-state index in [4.69, 9.17) is 10.7 Å². The number of nitrogens with two attached hydrogens (primary N) is 1. The number of hydrogen-bond donors (Lipinski definition) is 2. The highest BCUT2D eigenvalue weighted by Gasteiger charge is 2.34. The van der Waals surface area contributed by atoms with Crippen LogP contribution in [0.15, 0.2) is 12.3 Å². The largest absolute Gasteiger partial charge is 0.367 e. The fraction of sp³-hybridized carbons (Fsp3) is 0.684. The van der Waals surface area contributed by atoms with Crippen LogP contribution in [-0.2, 0) is 12.8 Å². The number of unbranched alkanes of at least 4 members (excludes halogenated alkanes) is 1. The maximum absolute atomic E-state index is 5.96. The molecule has 2 aliphatic rings. The van der Waals surface area contributed by atoms with Crippen LogP contribution >= 0.6 is 0 Å². The molecule has 1 saturated carbocycles. The summed E-state index contributed by atoms with van der Waals surface area (Å²) in [6, 6.07) is 2.84. The summed E-state index contributed by atoms with van der Waals surface area (Å²) >= 11 is 0. The predicted octanol–water partition coefficient (Wildman–Crippen LogP) is 3.32. The summed E-state index contributed by atoms with van der Waals surface area (Å²) in [7, 11) is 0. The summed E-state index contributed by atoms with van der Waals surface area (Å²) < 4.78 is 1.98. The Balaban J connectivity index is 1.67. The monoisotopic (exact) mass is 327 g/mol. The van der Waals surface area contributed by atoms with Crippen molar-refractivity contribution < 1.29 is 0 Å². The van der Waals surface area contributed by atoms with E-state index in [1.807, 2.05) is 16.8 Å². The topological polar surface area (TPSA) is 68.2 Å². The Hall–Kier alpha value is -1.62. The van der Waals surface area contributed by atoms with Crippen LogP contribution in [-0.4, -0.2) is 26.7 Å². The van der Waals surface area contributed by atoms with Gasteiger partial charge in [0.1, 0.15) is 5.82 Å². The first-order valence-electron chi connectivity index (χ1n) is 9.45. The highest BCUT2D eigenvalue weighted by atomic mass is 15.3. The Morgan fingerprint density at radius 3 is 3.00 bits per heavy atom. The van der Waals surface area contributed by atoms with Gasteiger partial charge in [-0.1, -0.05) is 26.7 Å². The zero-order valence-corrected chi connectivity index (χ0v) is 14.9. The smallest absolute Gasteiger partial charge is 0.157 e. The number of nitrogens with one attached hydrogen (secondary N) is 1. The molecule has 0 aromatic carbocycles. The van der Waals surface area contributed by atoms with Crippen LogP contribution in [0.2, 0.25) is 0 Å². The summed E-state index contributed by atoms with van der Waals surface area (Å²) in [5.41, 5.74) is 9.96. The molecule has 5 heteroatoms. The normalized spacial score (nSPS) is 29.3. The molecule has 0 aliphatic heterocycles. The molecular weight excluding hydrogens is 298 g/mol. The highest BCUT2D eigenvalue weighted by Crippen LogP contribution is 2.41. The van der Waals surface area contributed by atoms with Crippen LogP contribution < -0.4 is 11.1 Å². The third-order valence-electron chi connectivity index (χ3n) is 5.94. The molecule has 2 aromatic heterocycles. The average Bonchev–Trinajstić information content (AvgIpc) is 2.99. The van der Waals surface area contributed by atoms with Gasteiger partial charge in [0.15, 0.2) is 5.65 Å². The van der Waals surface area contributed by atoms with E-state index in [2.05, 4.69) is 24.3 Å². The van der Waals surface area contributed by atoms with Crippen molar-refractivity contribution >= 4 is 11.5 Å². The third-order valence-corrected chi connectivity index (χ3v) is 5.94. The second-order valence-corrected chi connectivity index (χ2v) is 8.15. The summed E-state index contributed by atoms with van der Waals surface area (Å²) in [6.45, 7) is 4.71. The van der Waals surface area contributed by atoms with Crippen molar-refractivity contribution in [1.29, 1.82) is 0 Å². The fourth-order valence-corrected chi connectivity index (χ4v) is 4.29. The van der Waals surface area contributed by atoms with Crippen molar-refractivity contribution in [3.8, 4) is 0 Å². The summed E-state index contributed by atoms with van der Waals surface area (Å²) in [6.07, 6.45) is 11.3. The highest BCUT2D eigenvalue weighted by molar-refractivity contribution is 5.57. The van der Waals surface area contributed by atoms with E-state index >= 15 is 0 Å². The molecule has 0 amide bonds. The molecule has 4 rings (SSSR count). The Kier molecular flexibility index (Phi) is 3.99. The van der Waals surface area contributed by atoms with E-state index in [0.29, 0.717) is 17.5 Å². The number of fused-ring (bicyclic) bond motifs is 2. The van der Waals surface area contributed by atoms with Gasteiger partial charge >= 0.3 is 0 Å². The Morgan fingerprint density at radius 1 is 1.42 bits per heavy atom.